The number of hydrogen-bond donors (Lipinski definition) is 2. The van der Waals surface area contributed by atoms with Crippen molar-refractivity contribution >= 4 is 12.4 Å². The van der Waals surface area contributed by atoms with Crippen LogP contribution in [0, 0.1) is 23.0 Å². The molecule has 1 aliphatic rings. The number of nitrogens with one attached hydrogen (secondary N) is 1. The van der Waals surface area contributed by atoms with E-state index in [-0.39, 0.29) is 63.0 Å². The zero-order chi connectivity index (χ0) is 32.6. The Morgan fingerprint density at radius 1 is 1.24 bits per heavy atom. The van der Waals surface area contributed by atoms with Gasteiger partial charge in [-0.3, -0.25) is 9.59 Å². The highest BCUT2D eigenvalue weighted by Gasteiger charge is 2.43. The van der Waals surface area contributed by atoms with Gasteiger partial charge in [-0.1, -0.05) is 26.0 Å². The number of carbonyl (C=O) groups excluding carboxylic acids is 2. The molecular weight excluding hydrogens is 593 g/mol. The summed E-state index contributed by atoms with van der Waals surface area (Å²) in [6.45, 7) is 3.58. The molecular formula is C32H39F3N4O6. The summed E-state index contributed by atoms with van der Waals surface area (Å²) in [5.41, 5.74) is -0.0932. The van der Waals surface area contributed by atoms with Crippen LogP contribution in [0.4, 0.5) is 13.2 Å². The lowest BCUT2D eigenvalue weighted by atomic mass is 9.79. The number of nitrogens with zero attached hydrogens (tertiary/aromatic N) is 3. The molecule has 45 heavy (non-hydrogen) atoms. The lowest BCUT2D eigenvalue weighted by molar-refractivity contribution is -0.148. The predicted molar refractivity (Wildman–Crippen MR) is 159 cm³/mol. The predicted octanol–water partition coefficient (Wildman–Crippen LogP) is 3.87. The number of aliphatic hydroxyl groups is 1. The van der Waals surface area contributed by atoms with Crippen LogP contribution in [0.1, 0.15) is 37.7 Å². The maximum atomic E-state index is 15.0. The van der Waals surface area contributed by atoms with E-state index < -0.39 is 47.7 Å². The minimum atomic E-state index is -1.24. The fourth-order valence-electron chi connectivity index (χ4n) is 5.66. The number of halogens is 3. The maximum absolute atomic E-state index is 15.0. The normalized spacial score (nSPS) is 17.2. The van der Waals surface area contributed by atoms with Crippen LogP contribution in [-0.4, -0.2) is 84.9 Å². The van der Waals surface area contributed by atoms with Gasteiger partial charge in [0.05, 0.1) is 11.7 Å². The average molecular weight is 633 g/mol. The Morgan fingerprint density at radius 3 is 2.73 bits per heavy atom. The molecule has 3 aromatic rings. The molecule has 0 saturated carbocycles. The van der Waals surface area contributed by atoms with Gasteiger partial charge in [-0.25, -0.2) is 18.2 Å². The zero-order valence-electron chi connectivity index (χ0n) is 25.5. The molecule has 1 aromatic heterocycles. The van der Waals surface area contributed by atoms with Gasteiger partial charge in [0.25, 0.3) is 12.4 Å². The van der Waals surface area contributed by atoms with Crippen molar-refractivity contribution in [2.75, 3.05) is 46.8 Å². The summed E-state index contributed by atoms with van der Waals surface area (Å²) >= 11 is 0. The second kappa shape index (κ2) is 15.4. The zero-order valence-corrected chi connectivity index (χ0v) is 25.5. The fourth-order valence-corrected chi connectivity index (χ4v) is 5.66. The first-order chi connectivity index (χ1) is 21.6. The molecule has 1 amide bonds. The highest BCUT2D eigenvalue weighted by molar-refractivity contribution is 5.79. The van der Waals surface area contributed by atoms with E-state index in [2.05, 4.69) is 5.32 Å². The molecule has 4 rings (SSSR count). The van der Waals surface area contributed by atoms with Crippen LogP contribution in [0.25, 0.3) is 11.3 Å². The van der Waals surface area contributed by atoms with E-state index in [4.69, 9.17) is 19.2 Å². The summed E-state index contributed by atoms with van der Waals surface area (Å²) in [5, 5.41) is 13.0. The summed E-state index contributed by atoms with van der Waals surface area (Å²) in [6, 6.07) is 9.32. The highest BCUT2D eigenvalue weighted by Crippen LogP contribution is 2.43. The molecule has 2 N–H and O–H groups in total. The molecule has 13 heteroatoms. The number of amides is 1. The summed E-state index contributed by atoms with van der Waals surface area (Å²) in [7, 11) is 1.50. The van der Waals surface area contributed by atoms with Gasteiger partial charge in [-0.15, -0.1) is 0 Å². The topological polar surface area (TPSA) is 115 Å². The number of hydrogen-bond acceptors (Lipinski definition) is 8. The van der Waals surface area contributed by atoms with Crippen molar-refractivity contribution in [1.82, 2.24) is 19.8 Å². The fraction of sp³-hybridized carbons (Fsp3) is 0.469. The molecule has 2 aromatic carbocycles. The molecule has 3 unspecified atom stereocenters. The molecule has 244 valence electrons. The van der Waals surface area contributed by atoms with Crippen LogP contribution in [0.2, 0.25) is 0 Å². The molecule has 3 atom stereocenters. The first kappa shape index (κ1) is 33.9. The highest BCUT2D eigenvalue weighted by atomic mass is 19.1. The number of aromatic nitrogens is 2. The van der Waals surface area contributed by atoms with E-state index in [0.29, 0.717) is 12.3 Å². The summed E-state index contributed by atoms with van der Waals surface area (Å²) in [6.07, 6.45) is 0.534. The van der Waals surface area contributed by atoms with Gasteiger partial charge in [0.1, 0.15) is 29.4 Å². The number of carbonyl (C=O) groups is 2. The van der Waals surface area contributed by atoms with Gasteiger partial charge in [-0.2, -0.15) is 0 Å². The standard InChI is InChI=1S/C32H39F3N4O6/c1-32(2,9-10-40)30(39(29(42)18-44-19-41)16-22-13-36-14-27(22)35)31-37-28(25-12-23(33)7-8-26(25)34)17-38(31)15-21-5-4-6-24(11-21)45-20-43-3/h4-8,11-12,17,19,22,27,30,36,40H,9-10,13-16,18,20H2,1-3H3. The van der Waals surface area contributed by atoms with Crippen LogP contribution in [-0.2, 0) is 25.6 Å². The first-order valence-electron chi connectivity index (χ1n) is 14.6. The Labute approximate surface area is 260 Å². The lowest BCUT2D eigenvalue weighted by Gasteiger charge is -2.42. The molecule has 2 heterocycles. The Morgan fingerprint density at radius 2 is 2.04 bits per heavy atom. The maximum Gasteiger partial charge on any atom is 0.293 e. The monoisotopic (exact) mass is 632 g/mol. The molecule has 10 nitrogen and oxygen atoms in total. The quantitative estimate of drug-likeness (QED) is 0.181. The van der Waals surface area contributed by atoms with E-state index in [1.807, 2.05) is 19.9 Å². The first-order valence-corrected chi connectivity index (χ1v) is 14.6. The number of alkyl halides is 1. The average Bonchev–Trinajstić information content (AvgIpc) is 3.61. The van der Waals surface area contributed by atoms with Crippen molar-refractivity contribution in [3.8, 4) is 17.0 Å². The molecule has 0 bridgehead atoms. The molecule has 1 fully saturated rings. The number of aliphatic hydroxyl groups excluding tert-OH is 1. The Bertz CT molecular complexity index is 1450. The third-order valence-electron chi connectivity index (χ3n) is 7.94. The second-order valence-electron chi connectivity index (χ2n) is 11.7. The van der Waals surface area contributed by atoms with Gasteiger partial charge >= 0.3 is 0 Å². The van der Waals surface area contributed by atoms with Crippen molar-refractivity contribution in [3.05, 3.63) is 71.7 Å². The second-order valence-corrected chi connectivity index (χ2v) is 11.7. The SMILES string of the molecule is COCOc1cccc(Cn2cc(-c3cc(F)ccc3F)nc2C(N(CC2CNCC2F)C(=O)COC=O)C(C)(C)CCO)c1. The van der Waals surface area contributed by atoms with Gasteiger partial charge in [-0.05, 0) is 47.7 Å². The van der Waals surface area contributed by atoms with Crippen LogP contribution in [0.5, 0.6) is 5.75 Å². The van der Waals surface area contributed by atoms with Crippen molar-refractivity contribution in [2.45, 2.75) is 39.0 Å². The number of methoxy groups -OCH3 is 1. The number of ether oxygens (including phenoxy) is 3. The number of benzene rings is 2. The minimum absolute atomic E-state index is 0.0335. The van der Waals surface area contributed by atoms with Crippen molar-refractivity contribution in [3.63, 3.8) is 0 Å². The van der Waals surface area contributed by atoms with Gasteiger partial charge in [0.15, 0.2) is 13.4 Å². The molecule has 1 saturated heterocycles. The molecule has 0 radical (unpaired) electrons. The largest absolute Gasteiger partial charge is 0.468 e. The minimum Gasteiger partial charge on any atom is -0.468 e. The third-order valence-corrected chi connectivity index (χ3v) is 7.94. The summed E-state index contributed by atoms with van der Waals surface area (Å²) in [4.78, 5) is 31.0. The number of imidazole rings is 1. The summed E-state index contributed by atoms with van der Waals surface area (Å²) < 4.78 is 61.4. The number of rotatable bonds is 16. The van der Waals surface area contributed by atoms with Crippen LogP contribution < -0.4 is 10.1 Å². The van der Waals surface area contributed by atoms with Crippen molar-refractivity contribution in [1.29, 1.82) is 0 Å². The Balaban J connectivity index is 1.90. The smallest absolute Gasteiger partial charge is 0.293 e. The summed E-state index contributed by atoms with van der Waals surface area (Å²) in [5.74, 6) is -1.70. The van der Waals surface area contributed by atoms with Gasteiger partial charge in [0, 0.05) is 57.6 Å². The van der Waals surface area contributed by atoms with E-state index in [9.17, 15) is 23.5 Å². The lowest BCUT2D eigenvalue weighted by Crippen LogP contribution is -2.48. The third kappa shape index (κ3) is 8.41. The van der Waals surface area contributed by atoms with Gasteiger partial charge < -0.3 is 34.1 Å². The molecule has 0 spiro atoms. The van der Waals surface area contributed by atoms with E-state index in [1.54, 1.807) is 29.0 Å². The molecule has 1 aliphatic heterocycles. The van der Waals surface area contributed by atoms with Crippen molar-refractivity contribution < 1.29 is 42.1 Å². The Kier molecular flexibility index (Phi) is 11.6. The molecule has 0 aliphatic carbocycles. The van der Waals surface area contributed by atoms with E-state index >= 15 is 4.39 Å². The van der Waals surface area contributed by atoms with Crippen LogP contribution >= 0.6 is 0 Å². The van der Waals surface area contributed by atoms with Crippen LogP contribution in [0.3, 0.4) is 0 Å². The Hall–Kier alpha value is -3.94. The van der Waals surface area contributed by atoms with Gasteiger partial charge in [0.2, 0.25) is 0 Å². The van der Waals surface area contributed by atoms with Crippen molar-refractivity contribution in [2.24, 2.45) is 11.3 Å². The van der Waals surface area contributed by atoms with Crippen LogP contribution in [0.15, 0.2) is 48.7 Å². The van der Waals surface area contributed by atoms with E-state index in [0.717, 1.165) is 23.8 Å². The van der Waals surface area contributed by atoms with E-state index in [1.165, 1.54) is 12.0 Å².